The van der Waals surface area contributed by atoms with Crippen LogP contribution < -0.4 is 10.6 Å². The van der Waals surface area contributed by atoms with Crippen molar-refractivity contribution in [1.29, 1.82) is 0 Å². The summed E-state index contributed by atoms with van der Waals surface area (Å²) in [6.45, 7) is 4.28. The zero-order valence-corrected chi connectivity index (χ0v) is 12.6. The Morgan fingerprint density at radius 2 is 2.30 bits per heavy atom. The smallest absolute Gasteiger partial charge is 0.227 e. The van der Waals surface area contributed by atoms with Gasteiger partial charge in [0, 0.05) is 13.1 Å². The molecular formula is C15H22ClFN2O. The summed E-state index contributed by atoms with van der Waals surface area (Å²) < 4.78 is 13.0. The molecule has 0 aliphatic carbocycles. The van der Waals surface area contributed by atoms with E-state index in [2.05, 4.69) is 10.6 Å². The van der Waals surface area contributed by atoms with Crippen LogP contribution in [0.3, 0.4) is 0 Å². The number of rotatable bonds is 4. The third kappa shape index (κ3) is 4.46. The number of carbonyl (C=O) groups excluding carboxylic acids is 1. The minimum Gasteiger partial charge on any atom is -0.355 e. The molecule has 1 amide bonds. The highest BCUT2D eigenvalue weighted by atomic mass is 35.5. The van der Waals surface area contributed by atoms with Gasteiger partial charge >= 0.3 is 0 Å². The van der Waals surface area contributed by atoms with Crippen molar-refractivity contribution in [2.75, 3.05) is 19.6 Å². The van der Waals surface area contributed by atoms with E-state index in [1.54, 1.807) is 6.07 Å². The topological polar surface area (TPSA) is 41.1 Å². The highest BCUT2D eigenvalue weighted by molar-refractivity contribution is 5.85. The molecule has 1 atom stereocenters. The van der Waals surface area contributed by atoms with Crippen molar-refractivity contribution >= 4 is 18.3 Å². The highest BCUT2D eigenvalue weighted by Crippen LogP contribution is 2.25. The van der Waals surface area contributed by atoms with Crippen molar-refractivity contribution in [1.82, 2.24) is 10.6 Å². The number of nitrogens with one attached hydrogen (secondary N) is 2. The predicted molar refractivity (Wildman–Crippen MR) is 80.6 cm³/mol. The van der Waals surface area contributed by atoms with E-state index < -0.39 is 0 Å². The van der Waals surface area contributed by atoms with Gasteiger partial charge in [0.1, 0.15) is 5.82 Å². The molecule has 1 heterocycles. The molecule has 0 saturated carbocycles. The van der Waals surface area contributed by atoms with Gasteiger partial charge < -0.3 is 10.6 Å². The molecule has 1 saturated heterocycles. The lowest BCUT2D eigenvalue weighted by molar-refractivity contribution is -0.131. The highest BCUT2D eigenvalue weighted by Gasteiger charge is 2.34. The summed E-state index contributed by atoms with van der Waals surface area (Å²) in [5.74, 6) is -0.136. The molecule has 0 bridgehead atoms. The van der Waals surface area contributed by atoms with E-state index in [1.807, 2.05) is 13.0 Å². The van der Waals surface area contributed by atoms with E-state index in [9.17, 15) is 9.18 Å². The SMILES string of the molecule is CC1(C(=O)NCCc2cccc(F)c2)CCCNC1.Cl. The lowest BCUT2D eigenvalue weighted by atomic mass is 9.82. The maximum absolute atomic E-state index is 13.0. The summed E-state index contributed by atoms with van der Waals surface area (Å²) in [4.78, 5) is 12.2. The van der Waals surface area contributed by atoms with Gasteiger partial charge in [-0.2, -0.15) is 0 Å². The van der Waals surface area contributed by atoms with Crippen molar-refractivity contribution in [2.24, 2.45) is 5.41 Å². The van der Waals surface area contributed by atoms with Gasteiger partial charge in [-0.1, -0.05) is 12.1 Å². The van der Waals surface area contributed by atoms with Gasteiger partial charge in [-0.25, -0.2) is 4.39 Å². The number of hydrogen-bond acceptors (Lipinski definition) is 2. The van der Waals surface area contributed by atoms with Gasteiger partial charge in [0.05, 0.1) is 5.41 Å². The molecule has 0 aromatic heterocycles. The van der Waals surface area contributed by atoms with Crippen molar-refractivity contribution in [2.45, 2.75) is 26.2 Å². The Bertz CT molecular complexity index is 447. The normalized spacial score (nSPS) is 21.9. The van der Waals surface area contributed by atoms with Crippen LogP contribution in [-0.2, 0) is 11.2 Å². The molecule has 2 rings (SSSR count). The third-order valence-corrected chi connectivity index (χ3v) is 3.73. The zero-order chi connectivity index (χ0) is 13.7. The van der Waals surface area contributed by atoms with Crippen LogP contribution in [0.4, 0.5) is 4.39 Å². The van der Waals surface area contributed by atoms with E-state index in [1.165, 1.54) is 12.1 Å². The molecule has 1 fully saturated rings. The molecule has 5 heteroatoms. The average Bonchev–Trinajstić information content (AvgIpc) is 2.39. The maximum Gasteiger partial charge on any atom is 0.227 e. The molecule has 2 N–H and O–H groups in total. The Balaban J connectivity index is 0.00000200. The fraction of sp³-hybridized carbons (Fsp3) is 0.533. The Labute approximate surface area is 125 Å². The van der Waals surface area contributed by atoms with E-state index >= 15 is 0 Å². The monoisotopic (exact) mass is 300 g/mol. The number of piperidine rings is 1. The second-order valence-electron chi connectivity index (χ2n) is 5.48. The average molecular weight is 301 g/mol. The van der Waals surface area contributed by atoms with Crippen LogP contribution in [-0.4, -0.2) is 25.5 Å². The number of benzene rings is 1. The minimum atomic E-state index is -0.305. The van der Waals surface area contributed by atoms with Crippen LogP contribution >= 0.6 is 12.4 Å². The molecule has 1 aliphatic rings. The molecule has 0 radical (unpaired) electrons. The fourth-order valence-corrected chi connectivity index (χ4v) is 2.48. The second-order valence-corrected chi connectivity index (χ2v) is 5.48. The van der Waals surface area contributed by atoms with E-state index in [0.29, 0.717) is 13.0 Å². The number of hydrogen-bond donors (Lipinski definition) is 2. The van der Waals surface area contributed by atoms with Gasteiger partial charge in [-0.15, -0.1) is 12.4 Å². The van der Waals surface area contributed by atoms with Gasteiger partial charge in [-0.3, -0.25) is 4.79 Å². The Morgan fingerprint density at radius 3 is 2.95 bits per heavy atom. The largest absolute Gasteiger partial charge is 0.355 e. The first kappa shape index (κ1) is 16.9. The van der Waals surface area contributed by atoms with E-state index in [0.717, 1.165) is 31.5 Å². The molecule has 3 nitrogen and oxygen atoms in total. The number of carbonyl (C=O) groups is 1. The summed E-state index contributed by atoms with van der Waals surface area (Å²) in [5, 5.41) is 6.22. The maximum atomic E-state index is 13.0. The van der Waals surface area contributed by atoms with Crippen LogP contribution in [0.2, 0.25) is 0 Å². The zero-order valence-electron chi connectivity index (χ0n) is 11.7. The van der Waals surface area contributed by atoms with Gasteiger partial charge in [-0.05, 0) is 50.4 Å². The first-order chi connectivity index (χ1) is 9.10. The first-order valence-electron chi connectivity index (χ1n) is 6.84. The molecule has 1 aromatic rings. The minimum absolute atomic E-state index is 0. The van der Waals surface area contributed by atoms with Gasteiger partial charge in [0.15, 0.2) is 0 Å². The number of halogens is 2. The summed E-state index contributed by atoms with van der Waals surface area (Å²) >= 11 is 0. The molecule has 0 spiro atoms. The van der Waals surface area contributed by atoms with Crippen LogP contribution in [0, 0.1) is 11.2 Å². The molecule has 1 aliphatic heterocycles. The van der Waals surface area contributed by atoms with Crippen LogP contribution in [0.1, 0.15) is 25.3 Å². The fourth-order valence-electron chi connectivity index (χ4n) is 2.48. The second kappa shape index (κ2) is 7.60. The Morgan fingerprint density at radius 1 is 1.50 bits per heavy atom. The standard InChI is InChI=1S/C15H21FN2O.ClH/c1-15(7-3-8-17-11-15)14(19)18-9-6-12-4-2-5-13(16)10-12;/h2,4-5,10,17H,3,6-9,11H2,1H3,(H,18,19);1H. The van der Waals surface area contributed by atoms with Gasteiger partial charge in [0.25, 0.3) is 0 Å². The van der Waals surface area contributed by atoms with Crippen molar-refractivity contribution < 1.29 is 9.18 Å². The summed E-state index contributed by atoms with van der Waals surface area (Å²) in [5.41, 5.74) is 0.604. The Hall–Kier alpha value is -1.13. The molecule has 1 unspecified atom stereocenters. The van der Waals surface area contributed by atoms with E-state index in [-0.39, 0.29) is 29.5 Å². The third-order valence-electron chi connectivity index (χ3n) is 3.73. The molecular weight excluding hydrogens is 279 g/mol. The van der Waals surface area contributed by atoms with Crippen molar-refractivity contribution in [3.05, 3.63) is 35.6 Å². The van der Waals surface area contributed by atoms with E-state index in [4.69, 9.17) is 0 Å². The van der Waals surface area contributed by atoms with Crippen molar-refractivity contribution in [3.8, 4) is 0 Å². The Kier molecular flexibility index (Phi) is 6.43. The van der Waals surface area contributed by atoms with Crippen LogP contribution in [0.5, 0.6) is 0 Å². The molecule has 20 heavy (non-hydrogen) atoms. The summed E-state index contributed by atoms with van der Waals surface area (Å²) in [6, 6.07) is 6.50. The molecule has 1 aromatic carbocycles. The predicted octanol–water partition coefficient (Wildman–Crippen LogP) is 2.30. The first-order valence-corrected chi connectivity index (χ1v) is 6.84. The lowest BCUT2D eigenvalue weighted by Gasteiger charge is -2.32. The summed E-state index contributed by atoms with van der Waals surface area (Å²) in [6.07, 6.45) is 2.62. The molecule has 112 valence electrons. The lowest BCUT2D eigenvalue weighted by Crippen LogP contribution is -2.49. The summed E-state index contributed by atoms with van der Waals surface area (Å²) in [7, 11) is 0. The van der Waals surface area contributed by atoms with Crippen LogP contribution in [0.15, 0.2) is 24.3 Å². The number of amides is 1. The quantitative estimate of drug-likeness (QED) is 0.896. The van der Waals surface area contributed by atoms with Crippen molar-refractivity contribution in [3.63, 3.8) is 0 Å². The van der Waals surface area contributed by atoms with Crippen LogP contribution in [0.25, 0.3) is 0 Å². The van der Waals surface area contributed by atoms with Gasteiger partial charge in [0.2, 0.25) is 5.91 Å².